The summed E-state index contributed by atoms with van der Waals surface area (Å²) in [6.07, 6.45) is 6.20. The highest BCUT2D eigenvalue weighted by molar-refractivity contribution is 6.06. The minimum absolute atomic E-state index is 0.00595. The van der Waals surface area contributed by atoms with Gasteiger partial charge in [0.25, 0.3) is 0 Å². The lowest BCUT2D eigenvalue weighted by atomic mass is 9.79. The summed E-state index contributed by atoms with van der Waals surface area (Å²) in [6, 6.07) is 6.02. The molecule has 7 rings (SSSR count). The normalized spacial score (nSPS) is 22.4. The van der Waals surface area contributed by atoms with Gasteiger partial charge in [-0.3, -0.25) is 9.69 Å². The topological polar surface area (TPSA) is 111 Å². The molecule has 1 spiro atoms. The third-order valence-corrected chi connectivity index (χ3v) is 7.95. The molecule has 1 amide bonds. The smallest absolute Gasteiger partial charge is 0.249 e. The highest BCUT2D eigenvalue weighted by Gasteiger charge is 2.59. The number of carbonyl (C=O) groups is 1. The van der Waals surface area contributed by atoms with Crippen LogP contribution in [0.2, 0.25) is 0 Å². The summed E-state index contributed by atoms with van der Waals surface area (Å²) in [5.41, 5.74) is 4.88. The molecule has 0 radical (unpaired) electrons. The van der Waals surface area contributed by atoms with Gasteiger partial charge in [0.05, 0.1) is 17.8 Å². The Bertz CT molecular complexity index is 1530. The maximum absolute atomic E-state index is 13.2. The minimum atomic E-state index is -0.755. The molecule has 2 saturated heterocycles. The van der Waals surface area contributed by atoms with Gasteiger partial charge >= 0.3 is 0 Å². The number of amides is 1. The Morgan fingerprint density at radius 2 is 1.89 bits per heavy atom. The maximum Gasteiger partial charge on any atom is 0.249 e. The lowest BCUT2D eigenvalue weighted by Gasteiger charge is -2.59. The first-order chi connectivity index (χ1) is 17.4. The summed E-state index contributed by atoms with van der Waals surface area (Å²) >= 11 is 0. The fraction of sp³-hybridized carbons (Fsp3) is 0.385. The molecular formula is C26H26N8O2. The van der Waals surface area contributed by atoms with E-state index in [1.165, 1.54) is 0 Å². The number of nitrogens with zero attached hydrogens (tertiary/aromatic N) is 7. The average Bonchev–Trinajstić information content (AvgIpc) is 3.32. The Morgan fingerprint density at radius 1 is 1.11 bits per heavy atom. The van der Waals surface area contributed by atoms with E-state index in [0.29, 0.717) is 17.9 Å². The Kier molecular flexibility index (Phi) is 4.41. The van der Waals surface area contributed by atoms with Crippen LogP contribution in [0.4, 0.5) is 5.69 Å². The minimum Gasteiger partial charge on any atom is -0.372 e. The Morgan fingerprint density at radius 3 is 2.58 bits per heavy atom. The van der Waals surface area contributed by atoms with E-state index in [4.69, 9.17) is 9.72 Å². The first-order valence-corrected chi connectivity index (χ1v) is 12.3. The Balaban J connectivity index is 1.33. The average molecular weight is 483 g/mol. The molecule has 0 bridgehead atoms. The van der Waals surface area contributed by atoms with Gasteiger partial charge in [-0.15, -0.1) is 0 Å². The molecule has 6 heterocycles. The van der Waals surface area contributed by atoms with Crippen LogP contribution in [0.5, 0.6) is 0 Å². The van der Waals surface area contributed by atoms with Gasteiger partial charge in [0.1, 0.15) is 34.7 Å². The molecule has 1 N–H and O–H groups in total. The van der Waals surface area contributed by atoms with Crippen molar-refractivity contribution in [1.29, 1.82) is 0 Å². The number of carbonyl (C=O) groups excluding carboxylic acids is 1. The van der Waals surface area contributed by atoms with E-state index in [1.807, 2.05) is 26.0 Å². The van der Waals surface area contributed by atoms with Gasteiger partial charge in [0.2, 0.25) is 5.91 Å². The molecule has 182 valence electrons. The van der Waals surface area contributed by atoms with Gasteiger partial charge in [-0.05, 0) is 32.9 Å². The summed E-state index contributed by atoms with van der Waals surface area (Å²) in [5.74, 6) is 1.46. The first-order valence-electron chi connectivity index (χ1n) is 12.3. The van der Waals surface area contributed by atoms with Crippen LogP contribution in [-0.2, 0) is 21.6 Å². The number of fused-ring (bicyclic) bond motifs is 2. The van der Waals surface area contributed by atoms with E-state index in [2.05, 4.69) is 47.7 Å². The number of likely N-dealkylation sites (tertiary alicyclic amines) is 1. The number of hydrogen-bond donors (Lipinski definition) is 1. The summed E-state index contributed by atoms with van der Waals surface area (Å²) in [7, 11) is 0. The summed E-state index contributed by atoms with van der Waals surface area (Å²) < 4.78 is 7.86. The molecule has 0 unspecified atom stereocenters. The molecule has 36 heavy (non-hydrogen) atoms. The van der Waals surface area contributed by atoms with Crippen molar-refractivity contribution in [3.63, 3.8) is 0 Å². The molecule has 0 saturated carbocycles. The van der Waals surface area contributed by atoms with E-state index in [9.17, 15) is 4.79 Å². The third kappa shape index (κ3) is 2.85. The van der Waals surface area contributed by atoms with Crippen LogP contribution in [0.1, 0.15) is 31.7 Å². The number of nitrogens with one attached hydrogen (secondary N) is 1. The van der Waals surface area contributed by atoms with Gasteiger partial charge < -0.3 is 14.6 Å². The third-order valence-electron chi connectivity index (χ3n) is 7.95. The van der Waals surface area contributed by atoms with Crippen molar-refractivity contribution in [3.8, 4) is 22.6 Å². The maximum atomic E-state index is 13.2. The van der Waals surface area contributed by atoms with Crippen molar-refractivity contribution in [1.82, 2.24) is 34.4 Å². The zero-order chi connectivity index (χ0) is 24.7. The number of imidazole rings is 1. The molecule has 3 aliphatic rings. The number of ether oxygens (including phenoxy) is 1. The van der Waals surface area contributed by atoms with Crippen LogP contribution in [-0.4, -0.2) is 65.6 Å². The van der Waals surface area contributed by atoms with Crippen molar-refractivity contribution in [2.45, 2.75) is 44.9 Å². The van der Waals surface area contributed by atoms with Crippen LogP contribution in [0.3, 0.4) is 0 Å². The monoisotopic (exact) mass is 482 g/mol. The van der Waals surface area contributed by atoms with E-state index in [-0.39, 0.29) is 11.5 Å². The molecule has 2 fully saturated rings. The Hall–Kier alpha value is -3.76. The van der Waals surface area contributed by atoms with Crippen LogP contribution >= 0.6 is 0 Å². The zero-order valence-electron chi connectivity index (χ0n) is 20.4. The number of rotatable bonds is 4. The molecule has 10 heteroatoms. The number of anilines is 1. The van der Waals surface area contributed by atoms with E-state index < -0.39 is 5.54 Å². The molecule has 3 aliphatic heterocycles. The summed E-state index contributed by atoms with van der Waals surface area (Å²) in [4.78, 5) is 38.2. The number of hydrogen-bond acceptors (Lipinski definition) is 8. The molecule has 3 aromatic heterocycles. The zero-order valence-corrected chi connectivity index (χ0v) is 20.4. The van der Waals surface area contributed by atoms with Crippen molar-refractivity contribution in [2.24, 2.45) is 0 Å². The fourth-order valence-electron chi connectivity index (χ4n) is 5.67. The lowest BCUT2D eigenvalue weighted by Crippen LogP contribution is -2.73. The van der Waals surface area contributed by atoms with Crippen LogP contribution < -0.4 is 5.32 Å². The standard InChI is InChI=1S/C26H26N8O2/c1-4-34-22(17-10-27-15(2)28-11-17)32-21-20(29-14-30-23(21)34)16-5-6-19-18(9-16)25(3,24(35)31-19)33-12-26(13-33)7-8-36-26/h5-6,9-11,14H,4,7-8,12-13H2,1-3H3,(H,31,35)/t25-/m1/s1. The van der Waals surface area contributed by atoms with Crippen LogP contribution in [0.25, 0.3) is 33.8 Å². The van der Waals surface area contributed by atoms with Crippen LogP contribution in [0.15, 0.2) is 36.9 Å². The second-order valence-electron chi connectivity index (χ2n) is 10.0. The van der Waals surface area contributed by atoms with E-state index in [0.717, 1.165) is 65.7 Å². The molecular weight excluding hydrogens is 456 g/mol. The van der Waals surface area contributed by atoms with Gasteiger partial charge in [-0.25, -0.2) is 24.9 Å². The fourth-order valence-corrected chi connectivity index (χ4v) is 5.67. The highest BCUT2D eigenvalue weighted by atomic mass is 16.5. The predicted molar refractivity (Wildman–Crippen MR) is 133 cm³/mol. The van der Waals surface area contributed by atoms with Crippen molar-refractivity contribution in [3.05, 3.63) is 48.3 Å². The largest absolute Gasteiger partial charge is 0.372 e. The van der Waals surface area contributed by atoms with Crippen LogP contribution in [0, 0.1) is 6.92 Å². The van der Waals surface area contributed by atoms with E-state index >= 15 is 0 Å². The molecule has 10 nitrogen and oxygen atoms in total. The van der Waals surface area contributed by atoms with Crippen molar-refractivity contribution >= 4 is 22.8 Å². The van der Waals surface area contributed by atoms with Crippen molar-refractivity contribution < 1.29 is 9.53 Å². The number of aryl methyl sites for hydroxylation is 2. The molecule has 1 atom stereocenters. The second kappa shape index (κ2) is 7.37. The van der Waals surface area contributed by atoms with Gasteiger partial charge in [-0.1, -0.05) is 6.07 Å². The first kappa shape index (κ1) is 21.5. The Labute approximate surface area is 207 Å². The van der Waals surface area contributed by atoms with E-state index in [1.54, 1.807) is 18.7 Å². The molecule has 1 aromatic carbocycles. The summed E-state index contributed by atoms with van der Waals surface area (Å²) in [5, 5.41) is 3.08. The molecule has 0 aliphatic carbocycles. The quantitative estimate of drug-likeness (QED) is 0.473. The second-order valence-corrected chi connectivity index (χ2v) is 10.0. The SMILES string of the molecule is CCn1c(-c2cnc(C)nc2)nc2c(-c3ccc4c(c3)[C@@](C)(N3CC5(CCO5)C3)C(=O)N4)ncnc21. The lowest BCUT2D eigenvalue weighted by molar-refractivity contribution is -0.239. The van der Waals surface area contributed by atoms with Crippen molar-refractivity contribution in [2.75, 3.05) is 25.0 Å². The highest BCUT2D eigenvalue weighted by Crippen LogP contribution is 2.48. The summed E-state index contributed by atoms with van der Waals surface area (Å²) in [6.45, 7) is 8.95. The number of benzene rings is 1. The predicted octanol–water partition coefficient (Wildman–Crippen LogP) is 2.92. The van der Waals surface area contributed by atoms with Gasteiger partial charge in [0, 0.05) is 55.3 Å². The number of aromatic nitrogens is 6. The van der Waals surface area contributed by atoms with Gasteiger partial charge in [0.15, 0.2) is 5.65 Å². The van der Waals surface area contributed by atoms with Gasteiger partial charge in [-0.2, -0.15) is 0 Å². The molecule has 4 aromatic rings.